The Kier molecular flexibility index (Phi) is 1.62. The molecule has 0 aromatic carbocycles. The van der Waals surface area contributed by atoms with Crippen LogP contribution in [0.2, 0.25) is 0 Å². The molecule has 2 rings (SSSR count). The maximum atomic E-state index is 10.2. The molecule has 1 aromatic heterocycles. The van der Waals surface area contributed by atoms with E-state index in [1.165, 1.54) is 17.5 Å². The molecule has 0 unspecified atom stereocenters. The zero-order valence-corrected chi connectivity index (χ0v) is 6.63. The van der Waals surface area contributed by atoms with Gasteiger partial charge in [-0.05, 0) is 12.8 Å². The van der Waals surface area contributed by atoms with Crippen LogP contribution < -0.4 is 4.74 Å². The molecule has 3 nitrogen and oxygen atoms in total. The van der Waals surface area contributed by atoms with Gasteiger partial charge >= 0.3 is 0 Å². The zero-order chi connectivity index (χ0) is 7.68. The minimum atomic E-state index is 0.362. The Bertz CT molecular complexity index is 267. The molecule has 0 aliphatic heterocycles. The highest BCUT2D eigenvalue weighted by Crippen LogP contribution is 2.28. The van der Waals surface area contributed by atoms with Crippen molar-refractivity contribution in [3.05, 3.63) is 11.1 Å². The summed E-state index contributed by atoms with van der Waals surface area (Å²) in [7, 11) is 0. The molecule has 1 aliphatic carbocycles. The van der Waals surface area contributed by atoms with Gasteiger partial charge in [-0.2, -0.15) is 0 Å². The van der Waals surface area contributed by atoms with Gasteiger partial charge in [-0.15, -0.1) is 0 Å². The molecular weight excluding hydrogens is 162 g/mol. The van der Waals surface area contributed by atoms with Crippen molar-refractivity contribution in [1.82, 2.24) is 4.98 Å². The van der Waals surface area contributed by atoms with Crippen molar-refractivity contribution < 1.29 is 9.53 Å². The van der Waals surface area contributed by atoms with Crippen molar-refractivity contribution in [3.8, 4) is 5.19 Å². The number of nitrogens with zero attached hydrogens (tertiary/aromatic N) is 1. The molecule has 1 aliphatic rings. The molecule has 0 saturated heterocycles. The third-order valence-electron chi connectivity index (χ3n) is 1.41. The van der Waals surface area contributed by atoms with Gasteiger partial charge in [-0.3, -0.25) is 4.79 Å². The van der Waals surface area contributed by atoms with Crippen LogP contribution in [0.25, 0.3) is 0 Å². The molecule has 0 radical (unpaired) electrons. The number of carbonyl (C=O) groups is 1. The first-order valence-corrected chi connectivity index (χ1v) is 4.28. The number of thiazole rings is 1. The summed E-state index contributed by atoms with van der Waals surface area (Å²) < 4.78 is 5.36. The maximum absolute atomic E-state index is 10.2. The topological polar surface area (TPSA) is 39.2 Å². The normalized spacial score (nSPS) is 16.4. The first kappa shape index (κ1) is 6.79. The second-order valence-electron chi connectivity index (χ2n) is 2.46. The van der Waals surface area contributed by atoms with Gasteiger partial charge in [0.25, 0.3) is 5.19 Å². The van der Waals surface area contributed by atoms with Gasteiger partial charge in [0.15, 0.2) is 6.29 Å². The number of rotatable bonds is 3. The highest BCUT2D eigenvalue weighted by atomic mass is 32.1. The fraction of sp³-hybridized carbons (Fsp3) is 0.429. The number of aldehydes is 1. The van der Waals surface area contributed by atoms with E-state index in [9.17, 15) is 4.79 Å². The number of aromatic nitrogens is 1. The quantitative estimate of drug-likeness (QED) is 0.643. The molecule has 1 aromatic rings. The molecule has 1 heterocycles. The van der Waals surface area contributed by atoms with Crippen LogP contribution in [-0.2, 0) is 0 Å². The molecule has 4 heteroatoms. The van der Waals surface area contributed by atoms with E-state index in [1.807, 2.05) is 0 Å². The Morgan fingerprint density at radius 2 is 2.55 bits per heavy atom. The minimum absolute atomic E-state index is 0.362. The second-order valence-corrected chi connectivity index (χ2v) is 3.49. The summed E-state index contributed by atoms with van der Waals surface area (Å²) in [6.45, 7) is 0. The van der Waals surface area contributed by atoms with Gasteiger partial charge in [-0.25, -0.2) is 4.98 Å². The monoisotopic (exact) mass is 169 g/mol. The summed E-state index contributed by atoms with van der Waals surface area (Å²) in [5.41, 5.74) is 0. The molecular formula is C7H7NO2S. The molecule has 0 amide bonds. The second kappa shape index (κ2) is 2.62. The Morgan fingerprint density at radius 3 is 3.09 bits per heavy atom. The predicted octanol–water partition coefficient (Wildman–Crippen LogP) is 1.50. The third-order valence-corrected chi connectivity index (χ3v) is 2.22. The van der Waals surface area contributed by atoms with E-state index in [2.05, 4.69) is 4.98 Å². The molecule has 0 atom stereocenters. The van der Waals surface area contributed by atoms with E-state index in [4.69, 9.17) is 4.74 Å². The lowest BCUT2D eigenvalue weighted by Crippen LogP contribution is -1.93. The van der Waals surface area contributed by atoms with Crippen LogP contribution in [-0.4, -0.2) is 17.4 Å². The Balaban J connectivity index is 2.05. The lowest BCUT2D eigenvalue weighted by molar-refractivity contribution is 0.112. The minimum Gasteiger partial charge on any atom is -0.467 e. The summed E-state index contributed by atoms with van der Waals surface area (Å²) in [6, 6.07) is 0. The van der Waals surface area contributed by atoms with Gasteiger partial charge in [-0.1, -0.05) is 11.3 Å². The number of carbonyl (C=O) groups excluding carboxylic acids is 1. The van der Waals surface area contributed by atoms with Gasteiger partial charge in [0.1, 0.15) is 6.10 Å². The van der Waals surface area contributed by atoms with E-state index in [0.29, 0.717) is 16.2 Å². The largest absolute Gasteiger partial charge is 0.467 e. The fourth-order valence-electron chi connectivity index (χ4n) is 0.707. The Hall–Kier alpha value is -0.900. The Labute approximate surface area is 68.0 Å². The molecule has 0 N–H and O–H groups in total. The smallest absolute Gasteiger partial charge is 0.274 e. The van der Waals surface area contributed by atoms with Crippen molar-refractivity contribution in [2.75, 3.05) is 0 Å². The van der Waals surface area contributed by atoms with Crippen LogP contribution in [0.4, 0.5) is 0 Å². The van der Waals surface area contributed by atoms with E-state index in [0.717, 1.165) is 19.1 Å². The summed E-state index contributed by atoms with van der Waals surface area (Å²) in [4.78, 5) is 14.8. The van der Waals surface area contributed by atoms with Gasteiger partial charge in [0.05, 0.1) is 11.1 Å². The van der Waals surface area contributed by atoms with Crippen LogP contribution in [0.3, 0.4) is 0 Å². The van der Waals surface area contributed by atoms with Crippen molar-refractivity contribution in [2.45, 2.75) is 18.9 Å². The molecule has 58 valence electrons. The van der Waals surface area contributed by atoms with Gasteiger partial charge in [0, 0.05) is 0 Å². The third kappa shape index (κ3) is 1.57. The van der Waals surface area contributed by atoms with Crippen LogP contribution in [0.5, 0.6) is 5.19 Å². The summed E-state index contributed by atoms with van der Waals surface area (Å²) in [5.74, 6) is 0. The van der Waals surface area contributed by atoms with Crippen LogP contribution in [0, 0.1) is 0 Å². The SMILES string of the molecule is O=Cc1cnc(OC2CC2)s1. The zero-order valence-electron chi connectivity index (χ0n) is 5.82. The number of hydrogen-bond donors (Lipinski definition) is 0. The lowest BCUT2D eigenvalue weighted by atomic mass is 10.6. The van der Waals surface area contributed by atoms with E-state index in [-0.39, 0.29) is 0 Å². The van der Waals surface area contributed by atoms with Crippen LogP contribution in [0.15, 0.2) is 6.20 Å². The first-order chi connectivity index (χ1) is 5.38. The highest BCUT2D eigenvalue weighted by Gasteiger charge is 2.24. The van der Waals surface area contributed by atoms with Gasteiger partial charge < -0.3 is 4.74 Å². The first-order valence-electron chi connectivity index (χ1n) is 3.46. The van der Waals surface area contributed by atoms with Crippen molar-refractivity contribution >= 4 is 17.6 Å². The average Bonchev–Trinajstić information content (AvgIpc) is 2.68. The lowest BCUT2D eigenvalue weighted by Gasteiger charge is -1.94. The van der Waals surface area contributed by atoms with Crippen LogP contribution in [0.1, 0.15) is 22.5 Å². The average molecular weight is 169 g/mol. The fourth-order valence-corrected chi connectivity index (χ4v) is 1.35. The van der Waals surface area contributed by atoms with Gasteiger partial charge in [0.2, 0.25) is 0 Å². The van der Waals surface area contributed by atoms with Crippen molar-refractivity contribution in [2.24, 2.45) is 0 Å². The predicted molar refractivity (Wildman–Crippen MR) is 41.2 cm³/mol. The van der Waals surface area contributed by atoms with E-state index >= 15 is 0 Å². The number of hydrogen-bond acceptors (Lipinski definition) is 4. The highest BCUT2D eigenvalue weighted by molar-refractivity contribution is 7.15. The Morgan fingerprint density at radius 1 is 1.73 bits per heavy atom. The molecule has 11 heavy (non-hydrogen) atoms. The molecule has 1 fully saturated rings. The summed E-state index contributed by atoms with van der Waals surface area (Å²) in [6.07, 6.45) is 4.93. The molecule has 0 bridgehead atoms. The van der Waals surface area contributed by atoms with Crippen LogP contribution >= 0.6 is 11.3 Å². The number of ether oxygens (including phenoxy) is 1. The maximum Gasteiger partial charge on any atom is 0.274 e. The standard InChI is InChI=1S/C7H7NO2S/c9-4-6-3-8-7(11-6)10-5-1-2-5/h3-5H,1-2H2. The summed E-state index contributed by atoms with van der Waals surface area (Å²) in [5, 5.41) is 0.620. The van der Waals surface area contributed by atoms with E-state index in [1.54, 1.807) is 0 Å². The van der Waals surface area contributed by atoms with Crippen molar-refractivity contribution in [1.29, 1.82) is 0 Å². The van der Waals surface area contributed by atoms with E-state index < -0.39 is 0 Å². The molecule has 1 saturated carbocycles. The van der Waals surface area contributed by atoms with Crippen molar-refractivity contribution in [3.63, 3.8) is 0 Å². The summed E-state index contributed by atoms with van der Waals surface area (Å²) >= 11 is 1.30. The molecule has 0 spiro atoms.